The summed E-state index contributed by atoms with van der Waals surface area (Å²) < 4.78 is 0. The molecule has 0 spiro atoms. The van der Waals surface area contributed by atoms with E-state index in [1.54, 1.807) is 24.3 Å². The molecule has 0 saturated carbocycles. The minimum atomic E-state index is -0.426. The number of aliphatic hydroxyl groups excluding tert-OH is 1. The van der Waals surface area contributed by atoms with Crippen LogP contribution in [0, 0.1) is 0 Å². The average molecular weight is 449 g/mol. The van der Waals surface area contributed by atoms with Crippen molar-refractivity contribution in [3.05, 3.63) is 70.8 Å². The molecule has 0 bridgehead atoms. The molecule has 1 heterocycles. The third kappa shape index (κ3) is 2.43. The highest BCUT2D eigenvalue weighted by molar-refractivity contribution is 6.40. The number of amides is 2. The normalized spacial score (nSPS) is 13.7. The number of hydrogen-bond acceptors (Lipinski definition) is 5. The van der Waals surface area contributed by atoms with Crippen molar-refractivity contribution < 1.29 is 24.3 Å². The van der Waals surface area contributed by atoms with E-state index in [2.05, 4.69) is 0 Å². The number of fused-ring (bicyclic) bond motifs is 2. The van der Waals surface area contributed by atoms with Crippen molar-refractivity contribution in [1.82, 2.24) is 4.90 Å². The standard InChI is InChI=1S/C28H19NO5/c1-13(31)15-3-5-17-19-7-9-21-26-22(28(34)29(11-12-30)27(21)33)10-8-20(25(19)26)18-6-4-16(14(2)32)23(15)24(17)18/h3-10,30H,11-12H2,1-2H3. The van der Waals surface area contributed by atoms with Crippen molar-refractivity contribution >= 4 is 66.5 Å². The van der Waals surface area contributed by atoms with Crippen LogP contribution in [0.2, 0.25) is 0 Å². The predicted molar refractivity (Wildman–Crippen MR) is 130 cm³/mol. The molecule has 5 aromatic rings. The quantitative estimate of drug-likeness (QED) is 0.185. The largest absolute Gasteiger partial charge is 0.395 e. The molecular formula is C28H19NO5. The lowest BCUT2D eigenvalue weighted by atomic mass is 9.82. The van der Waals surface area contributed by atoms with Gasteiger partial charge in [0, 0.05) is 33.0 Å². The highest BCUT2D eigenvalue weighted by Gasteiger charge is 2.34. The molecule has 166 valence electrons. The summed E-state index contributed by atoms with van der Waals surface area (Å²) in [4.78, 5) is 52.3. The molecule has 0 unspecified atom stereocenters. The summed E-state index contributed by atoms with van der Waals surface area (Å²) >= 11 is 0. The van der Waals surface area contributed by atoms with Crippen LogP contribution in [-0.4, -0.2) is 46.5 Å². The highest BCUT2D eigenvalue weighted by atomic mass is 16.3. The summed E-state index contributed by atoms with van der Waals surface area (Å²) in [5.41, 5.74) is 1.82. The van der Waals surface area contributed by atoms with Crippen LogP contribution in [-0.2, 0) is 0 Å². The maximum Gasteiger partial charge on any atom is 0.261 e. The second kappa shape index (κ2) is 6.92. The van der Waals surface area contributed by atoms with Crippen LogP contribution in [0.3, 0.4) is 0 Å². The van der Waals surface area contributed by atoms with Gasteiger partial charge in [-0.3, -0.25) is 24.1 Å². The topological polar surface area (TPSA) is 91.8 Å². The van der Waals surface area contributed by atoms with Gasteiger partial charge in [0.05, 0.1) is 13.2 Å². The van der Waals surface area contributed by atoms with E-state index < -0.39 is 11.8 Å². The van der Waals surface area contributed by atoms with Gasteiger partial charge in [0.15, 0.2) is 11.6 Å². The van der Waals surface area contributed by atoms with Crippen LogP contribution in [0.1, 0.15) is 55.3 Å². The number of rotatable bonds is 4. The number of aliphatic hydroxyl groups is 1. The van der Waals surface area contributed by atoms with Crippen molar-refractivity contribution in [2.45, 2.75) is 13.8 Å². The number of nitrogens with zero attached hydrogens (tertiary/aromatic N) is 1. The zero-order valence-electron chi connectivity index (χ0n) is 18.6. The monoisotopic (exact) mass is 449 g/mol. The first-order valence-electron chi connectivity index (χ1n) is 11.0. The number of β-amino-alcohol motifs (C(OH)–C–C–N with tert-alkyl or cyclic N) is 1. The number of benzene rings is 5. The molecule has 2 amide bonds. The number of hydrogen-bond donors (Lipinski definition) is 1. The number of imide groups is 1. The van der Waals surface area contributed by atoms with Crippen LogP contribution in [0.4, 0.5) is 0 Å². The number of Topliss-reactive ketones (excluding diaryl/α,β-unsaturated/α-hetero) is 2. The van der Waals surface area contributed by atoms with Crippen LogP contribution in [0.5, 0.6) is 0 Å². The Kier molecular flexibility index (Phi) is 4.16. The van der Waals surface area contributed by atoms with Gasteiger partial charge in [-0.2, -0.15) is 0 Å². The summed E-state index contributed by atoms with van der Waals surface area (Å²) in [6.45, 7) is 2.61. The molecule has 1 aliphatic rings. The molecule has 0 fully saturated rings. The molecule has 1 N–H and O–H groups in total. The van der Waals surface area contributed by atoms with Gasteiger partial charge in [-0.15, -0.1) is 0 Å². The van der Waals surface area contributed by atoms with Crippen molar-refractivity contribution in [2.75, 3.05) is 13.2 Å². The van der Waals surface area contributed by atoms with Gasteiger partial charge >= 0.3 is 0 Å². The van der Waals surface area contributed by atoms with E-state index in [1.807, 2.05) is 24.3 Å². The highest BCUT2D eigenvalue weighted by Crippen LogP contribution is 2.45. The van der Waals surface area contributed by atoms with E-state index in [1.165, 1.54) is 13.8 Å². The smallest absolute Gasteiger partial charge is 0.261 e. The Morgan fingerprint density at radius 3 is 1.47 bits per heavy atom. The fraction of sp³-hybridized carbons (Fsp3) is 0.143. The van der Waals surface area contributed by atoms with E-state index in [-0.39, 0.29) is 24.7 Å². The third-order valence-electron chi connectivity index (χ3n) is 6.94. The van der Waals surface area contributed by atoms with Crippen molar-refractivity contribution in [3.63, 3.8) is 0 Å². The SMILES string of the molecule is CC(=O)c1ccc2c3ccc4c5c(ccc(c6ccc(C(C)=O)c1c26)c53)C(=O)N(CCO)C4=O. The van der Waals surface area contributed by atoms with Gasteiger partial charge in [0.1, 0.15) is 0 Å². The van der Waals surface area contributed by atoms with E-state index >= 15 is 0 Å². The third-order valence-corrected chi connectivity index (χ3v) is 6.94. The minimum Gasteiger partial charge on any atom is -0.395 e. The first-order valence-corrected chi connectivity index (χ1v) is 11.0. The molecule has 0 aliphatic carbocycles. The van der Waals surface area contributed by atoms with Crippen LogP contribution in [0.15, 0.2) is 48.5 Å². The minimum absolute atomic E-state index is 0.0636. The fourth-order valence-electron chi connectivity index (χ4n) is 5.52. The maximum absolute atomic E-state index is 13.1. The van der Waals surface area contributed by atoms with Crippen molar-refractivity contribution in [2.24, 2.45) is 0 Å². The van der Waals surface area contributed by atoms with Gasteiger partial charge in [-0.25, -0.2) is 0 Å². The Hall–Kier alpha value is -4.16. The van der Waals surface area contributed by atoms with Gasteiger partial charge in [-0.05, 0) is 58.3 Å². The molecule has 1 aliphatic heterocycles. The van der Waals surface area contributed by atoms with Gasteiger partial charge in [0.2, 0.25) is 0 Å². The van der Waals surface area contributed by atoms with E-state index in [0.29, 0.717) is 33.0 Å². The summed E-state index contributed by atoms with van der Waals surface area (Å²) in [7, 11) is 0. The Balaban J connectivity index is 1.85. The lowest BCUT2D eigenvalue weighted by Crippen LogP contribution is -2.41. The van der Waals surface area contributed by atoms with Crippen LogP contribution in [0.25, 0.3) is 43.1 Å². The molecule has 6 nitrogen and oxygen atoms in total. The Labute approximate surface area is 193 Å². The van der Waals surface area contributed by atoms with E-state index in [0.717, 1.165) is 37.2 Å². The van der Waals surface area contributed by atoms with Crippen LogP contribution < -0.4 is 0 Å². The molecule has 6 rings (SSSR count). The maximum atomic E-state index is 13.1. The second-order valence-electron chi connectivity index (χ2n) is 8.74. The van der Waals surface area contributed by atoms with E-state index in [4.69, 9.17) is 0 Å². The van der Waals surface area contributed by atoms with Gasteiger partial charge < -0.3 is 5.11 Å². The molecule has 34 heavy (non-hydrogen) atoms. The van der Waals surface area contributed by atoms with Crippen molar-refractivity contribution in [3.8, 4) is 0 Å². The molecule has 0 atom stereocenters. The Bertz CT molecular complexity index is 1650. The fourth-order valence-corrected chi connectivity index (χ4v) is 5.52. The predicted octanol–water partition coefficient (Wildman–Crippen LogP) is 4.73. The Morgan fingerprint density at radius 2 is 1.06 bits per heavy atom. The lowest BCUT2D eigenvalue weighted by Gasteiger charge is -2.28. The first-order chi connectivity index (χ1) is 16.3. The number of carbonyl (C=O) groups is 4. The molecule has 5 aromatic carbocycles. The molecule has 0 radical (unpaired) electrons. The molecule has 0 aromatic heterocycles. The lowest BCUT2D eigenvalue weighted by molar-refractivity contribution is 0.0580. The zero-order valence-corrected chi connectivity index (χ0v) is 18.6. The second-order valence-corrected chi connectivity index (χ2v) is 8.74. The Morgan fingerprint density at radius 1 is 0.647 bits per heavy atom. The zero-order chi connectivity index (χ0) is 23.9. The van der Waals surface area contributed by atoms with Crippen LogP contribution >= 0.6 is 0 Å². The molecular weight excluding hydrogens is 430 g/mol. The van der Waals surface area contributed by atoms with Crippen molar-refractivity contribution in [1.29, 1.82) is 0 Å². The molecule has 6 heteroatoms. The summed E-state index contributed by atoms with van der Waals surface area (Å²) in [5.74, 6) is -1.10. The summed E-state index contributed by atoms with van der Waals surface area (Å²) in [6, 6.07) is 14.4. The average Bonchev–Trinajstić information content (AvgIpc) is 2.83. The van der Waals surface area contributed by atoms with Gasteiger partial charge in [-0.1, -0.05) is 36.4 Å². The van der Waals surface area contributed by atoms with E-state index in [9.17, 15) is 24.3 Å². The summed E-state index contributed by atoms with van der Waals surface area (Å²) in [6.07, 6.45) is 0. The molecule has 0 saturated heterocycles. The number of ketones is 2. The first kappa shape index (κ1) is 20.4. The summed E-state index contributed by atoms with van der Waals surface area (Å²) in [5, 5.41) is 15.6. The number of carbonyl (C=O) groups excluding carboxylic acids is 4. The van der Waals surface area contributed by atoms with Gasteiger partial charge in [0.25, 0.3) is 11.8 Å².